The monoisotopic (exact) mass is 250 g/mol. The maximum absolute atomic E-state index is 11.5. The predicted molar refractivity (Wildman–Crippen MR) is 68.6 cm³/mol. The molecule has 0 aliphatic heterocycles. The second-order valence-electron chi connectivity index (χ2n) is 4.00. The molecule has 1 rings (SSSR count). The van der Waals surface area contributed by atoms with Crippen LogP contribution in [0, 0.1) is 6.92 Å². The van der Waals surface area contributed by atoms with Crippen LogP contribution in [0.25, 0.3) is 0 Å². The fourth-order valence-corrected chi connectivity index (χ4v) is 1.44. The van der Waals surface area contributed by atoms with Gasteiger partial charge < -0.3 is 4.84 Å². The van der Waals surface area contributed by atoms with Gasteiger partial charge in [-0.15, -0.1) is 0 Å². The van der Waals surface area contributed by atoms with Crippen molar-refractivity contribution in [1.29, 1.82) is 0 Å². The highest BCUT2D eigenvalue weighted by Gasteiger charge is 2.12. The van der Waals surface area contributed by atoms with Crippen LogP contribution in [0.15, 0.2) is 23.4 Å². The van der Waals surface area contributed by atoms with Crippen LogP contribution in [0.2, 0.25) is 0 Å². The van der Waals surface area contributed by atoms with E-state index in [1.54, 1.807) is 17.6 Å². The van der Waals surface area contributed by atoms with E-state index in [-0.39, 0.29) is 6.61 Å². The highest BCUT2D eigenvalue weighted by molar-refractivity contribution is 5.95. The summed E-state index contributed by atoms with van der Waals surface area (Å²) in [5.41, 5.74) is 4.54. The smallest absolute Gasteiger partial charge is 0.275 e. The van der Waals surface area contributed by atoms with E-state index in [4.69, 9.17) is 10.0 Å². The lowest BCUT2D eigenvalue weighted by Gasteiger charge is -2.10. The third-order valence-electron chi connectivity index (χ3n) is 2.70. The summed E-state index contributed by atoms with van der Waals surface area (Å²) in [7, 11) is 0. The third-order valence-corrected chi connectivity index (χ3v) is 2.70. The molecule has 0 heterocycles. The van der Waals surface area contributed by atoms with Crippen molar-refractivity contribution in [3.05, 3.63) is 34.9 Å². The molecule has 0 aliphatic rings. The van der Waals surface area contributed by atoms with E-state index in [9.17, 15) is 4.79 Å². The summed E-state index contributed by atoms with van der Waals surface area (Å²) in [5.74, 6) is -0.548. The number of nitrogens with one attached hydrogen (secondary N) is 1. The highest BCUT2D eigenvalue weighted by Crippen LogP contribution is 2.15. The van der Waals surface area contributed by atoms with Gasteiger partial charge in [-0.25, -0.2) is 5.48 Å². The van der Waals surface area contributed by atoms with Gasteiger partial charge >= 0.3 is 0 Å². The van der Waals surface area contributed by atoms with Crippen molar-refractivity contribution >= 4 is 11.6 Å². The van der Waals surface area contributed by atoms with Crippen molar-refractivity contribution in [2.75, 3.05) is 0 Å². The van der Waals surface area contributed by atoms with Gasteiger partial charge in [0.25, 0.3) is 5.91 Å². The van der Waals surface area contributed by atoms with Crippen LogP contribution >= 0.6 is 0 Å². The Morgan fingerprint density at radius 3 is 2.83 bits per heavy atom. The Balaban J connectivity index is 2.90. The molecule has 0 fully saturated rings. The maximum Gasteiger partial charge on any atom is 0.275 e. The molecule has 5 nitrogen and oxygen atoms in total. The number of carbonyl (C=O) groups excluding carboxylic acids is 1. The van der Waals surface area contributed by atoms with Crippen molar-refractivity contribution in [2.45, 2.75) is 33.8 Å². The summed E-state index contributed by atoms with van der Waals surface area (Å²) in [4.78, 5) is 16.7. The molecule has 1 amide bonds. The van der Waals surface area contributed by atoms with Crippen molar-refractivity contribution in [3.8, 4) is 0 Å². The third kappa shape index (κ3) is 3.56. The van der Waals surface area contributed by atoms with Crippen LogP contribution in [0.3, 0.4) is 0 Å². The van der Waals surface area contributed by atoms with Crippen LogP contribution < -0.4 is 5.48 Å². The van der Waals surface area contributed by atoms with E-state index in [0.717, 1.165) is 23.3 Å². The van der Waals surface area contributed by atoms with Gasteiger partial charge in [0.2, 0.25) is 0 Å². The van der Waals surface area contributed by atoms with Gasteiger partial charge in [-0.2, -0.15) is 0 Å². The number of hydroxylamine groups is 1. The fourth-order valence-electron chi connectivity index (χ4n) is 1.44. The molecule has 5 heteroatoms. The zero-order valence-corrected chi connectivity index (χ0v) is 10.9. The molecule has 0 aliphatic carbocycles. The largest absolute Gasteiger partial charge is 0.391 e. The molecule has 0 atom stereocenters. The molecule has 1 aromatic carbocycles. The summed E-state index contributed by atoms with van der Waals surface area (Å²) < 4.78 is 0. The number of benzene rings is 1. The fraction of sp³-hybridized carbons (Fsp3) is 0.385. The highest BCUT2D eigenvalue weighted by atomic mass is 16.6. The molecule has 0 unspecified atom stereocenters. The summed E-state index contributed by atoms with van der Waals surface area (Å²) in [6, 6.07) is 5.26. The second kappa shape index (κ2) is 6.76. The molecule has 0 aromatic heterocycles. The van der Waals surface area contributed by atoms with E-state index < -0.39 is 5.91 Å². The minimum Gasteiger partial charge on any atom is -0.391 e. The predicted octanol–water partition coefficient (Wildman–Crippen LogP) is 2.42. The number of aryl methyl sites for hydroxylation is 1. The molecule has 0 bridgehead atoms. The number of rotatable bonds is 5. The topological polar surface area (TPSA) is 70.9 Å². The summed E-state index contributed by atoms with van der Waals surface area (Å²) in [6.45, 7) is 5.94. The number of oxime groups is 1. The minimum atomic E-state index is -0.548. The van der Waals surface area contributed by atoms with Crippen LogP contribution in [0.5, 0.6) is 0 Å². The van der Waals surface area contributed by atoms with E-state index in [1.807, 2.05) is 26.8 Å². The molecule has 18 heavy (non-hydrogen) atoms. The Kier molecular flexibility index (Phi) is 5.32. The first-order valence-electron chi connectivity index (χ1n) is 5.78. The average Bonchev–Trinajstić information content (AvgIpc) is 2.39. The lowest BCUT2D eigenvalue weighted by Crippen LogP contribution is -2.20. The molecule has 1 aromatic rings. The molecular formula is C13H18N2O3. The van der Waals surface area contributed by atoms with Crippen LogP contribution in [-0.4, -0.2) is 16.8 Å². The van der Waals surface area contributed by atoms with Crippen molar-refractivity contribution in [2.24, 2.45) is 5.16 Å². The Morgan fingerprint density at radius 1 is 1.50 bits per heavy atom. The number of hydrogen-bond acceptors (Lipinski definition) is 4. The SMILES string of the molecule is CCC(C)=NOCc1c(C)cccc1C(=O)NO. The Labute approximate surface area is 106 Å². The molecule has 98 valence electrons. The number of nitrogens with zero attached hydrogens (tertiary/aromatic N) is 1. The van der Waals surface area contributed by atoms with Gasteiger partial charge in [0, 0.05) is 11.1 Å². The van der Waals surface area contributed by atoms with Crippen molar-refractivity contribution < 1.29 is 14.8 Å². The van der Waals surface area contributed by atoms with Gasteiger partial charge in [0.1, 0.15) is 6.61 Å². The van der Waals surface area contributed by atoms with Gasteiger partial charge in [0.05, 0.1) is 5.71 Å². The standard InChI is InChI=1S/C13H18N2O3/c1-4-10(3)15-18-8-12-9(2)6-5-7-11(12)13(16)14-17/h5-7,17H,4,8H2,1-3H3,(H,14,16). The van der Waals surface area contributed by atoms with Crippen LogP contribution in [0.4, 0.5) is 0 Å². The van der Waals surface area contributed by atoms with E-state index >= 15 is 0 Å². The van der Waals surface area contributed by atoms with Crippen molar-refractivity contribution in [1.82, 2.24) is 5.48 Å². The van der Waals surface area contributed by atoms with E-state index in [2.05, 4.69) is 5.16 Å². The van der Waals surface area contributed by atoms with Gasteiger partial charge in [-0.3, -0.25) is 10.0 Å². The molecule has 0 saturated carbocycles. The Morgan fingerprint density at radius 2 is 2.22 bits per heavy atom. The second-order valence-corrected chi connectivity index (χ2v) is 4.00. The molecule has 0 saturated heterocycles. The quantitative estimate of drug-likeness (QED) is 0.479. The molecule has 0 radical (unpaired) electrons. The average molecular weight is 250 g/mol. The summed E-state index contributed by atoms with van der Waals surface area (Å²) >= 11 is 0. The molecular weight excluding hydrogens is 232 g/mol. The molecule has 2 N–H and O–H groups in total. The van der Waals surface area contributed by atoms with E-state index in [0.29, 0.717) is 5.56 Å². The molecule has 0 spiro atoms. The first kappa shape index (κ1) is 14.2. The Hall–Kier alpha value is -1.88. The summed E-state index contributed by atoms with van der Waals surface area (Å²) in [6.07, 6.45) is 0.817. The zero-order valence-electron chi connectivity index (χ0n) is 10.9. The lowest BCUT2D eigenvalue weighted by molar-refractivity contribution is 0.0698. The number of hydrogen-bond donors (Lipinski definition) is 2. The minimum absolute atomic E-state index is 0.201. The maximum atomic E-state index is 11.5. The van der Waals surface area contributed by atoms with Gasteiger partial charge in [-0.05, 0) is 31.9 Å². The number of carbonyl (C=O) groups is 1. The number of amides is 1. The van der Waals surface area contributed by atoms with Crippen LogP contribution in [-0.2, 0) is 11.4 Å². The van der Waals surface area contributed by atoms with Crippen molar-refractivity contribution in [3.63, 3.8) is 0 Å². The van der Waals surface area contributed by atoms with Crippen LogP contribution in [0.1, 0.15) is 41.8 Å². The Bertz CT molecular complexity index is 456. The lowest BCUT2D eigenvalue weighted by atomic mass is 10.0. The zero-order chi connectivity index (χ0) is 13.5. The van der Waals surface area contributed by atoms with Gasteiger partial charge in [-0.1, -0.05) is 24.2 Å². The first-order valence-corrected chi connectivity index (χ1v) is 5.78. The first-order chi connectivity index (χ1) is 8.60. The normalized spacial score (nSPS) is 11.2. The van der Waals surface area contributed by atoms with E-state index in [1.165, 1.54) is 0 Å². The summed E-state index contributed by atoms with van der Waals surface area (Å²) in [5, 5.41) is 12.6. The van der Waals surface area contributed by atoms with Gasteiger partial charge in [0.15, 0.2) is 0 Å².